The molecule has 9 rings (SSSR count). The SMILES string of the molecule is CC[C@@H](C)C(=O)N[C@H](C(=O)N1C[C@@H](CC(=O)c2cnc(C(=O)N[C@H]3C[C@@H](C(=O)N[C@@H]4CCCc5ccccc54)N(C(=O)[C@@H](NC(=O)[C@H](C)NC)C4CCCCC4)C3)cn2)C[C@H]1C(=O)N[C@@H]1CCCc2ccccc21)C1CCCCC1. The number of carbonyl (C=O) groups excluding carboxylic acids is 8. The van der Waals surface area contributed by atoms with Crippen molar-refractivity contribution in [3.63, 3.8) is 0 Å². The second-order valence-corrected chi connectivity index (χ2v) is 23.8. The van der Waals surface area contributed by atoms with Gasteiger partial charge in [-0.05, 0) is 137 Å². The van der Waals surface area contributed by atoms with Crippen LogP contribution in [0.4, 0.5) is 0 Å². The first-order chi connectivity index (χ1) is 38.7. The molecule has 3 aromatic rings. The zero-order chi connectivity index (χ0) is 56.5. The second kappa shape index (κ2) is 26.8. The van der Waals surface area contributed by atoms with Crippen molar-refractivity contribution >= 4 is 47.1 Å². The molecule has 2 aromatic carbocycles. The van der Waals surface area contributed by atoms with Crippen molar-refractivity contribution in [1.29, 1.82) is 0 Å². The second-order valence-electron chi connectivity index (χ2n) is 23.8. The minimum absolute atomic E-state index is 0.0219. The van der Waals surface area contributed by atoms with Gasteiger partial charge in [-0.1, -0.05) is 101 Å². The Bertz CT molecular complexity index is 2540. The molecule has 430 valence electrons. The maximum Gasteiger partial charge on any atom is 0.271 e. The van der Waals surface area contributed by atoms with Crippen molar-refractivity contribution in [1.82, 2.24) is 51.7 Å². The first-order valence-corrected chi connectivity index (χ1v) is 30.0. The van der Waals surface area contributed by atoms with Crippen LogP contribution in [0.5, 0.6) is 0 Å². The Morgan fingerprint density at radius 2 is 1.09 bits per heavy atom. The number of rotatable bonds is 19. The lowest BCUT2D eigenvalue weighted by Gasteiger charge is -2.35. The van der Waals surface area contributed by atoms with Crippen LogP contribution in [0, 0.1) is 23.7 Å². The van der Waals surface area contributed by atoms with Gasteiger partial charge in [-0.3, -0.25) is 38.4 Å². The van der Waals surface area contributed by atoms with Gasteiger partial charge in [-0.25, -0.2) is 9.97 Å². The molecule has 2 saturated heterocycles. The molecule has 2 saturated carbocycles. The number of likely N-dealkylation sites (N-methyl/N-ethyl adjacent to an activating group) is 1. The minimum Gasteiger partial charge on any atom is -0.347 e. The van der Waals surface area contributed by atoms with E-state index in [1.165, 1.54) is 28.4 Å². The molecule has 0 spiro atoms. The predicted molar refractivity (Wildman–Crippen MR) is 301 cm³/mol. The highest BCUT2D eigenvalue weighted by Gasteiger charge is 2.47. The van der Waals surface area contributed by atoms with Gasteiger partial charge < -0.3 is 41.7 Å². The van der Waals surface area contributed by atoms with Gasteiger partial charge >= 0.3 is 0 Å². The van der Waals surface area contributed by atoms with Crippen molar-refractivity contribution in [3.05, 3.63) is 94.6 Å². The highest BCUT2D eigenvalue weighted by molar-refractivity contribution is 5.98. The zero-order valence-electron chi connectivity index (χ0n) is 47.3. The highest BCUT2D eigenvalue weighted by Crippen LogP contribution is 2.36. The van der Waals surface area contributed by atoms with Crippen molar-refractivity contribution in [3.8, 4) is 0 Å². The fraction of sp³-hybridized carbons (Fsp3) is 0.613. The molecule has 1 aromatic heterocycles. The molecule has 0 unspecified atom stereocenters. The monoisotopic (exact) mass is 1100 g/mol. The van der Waals surface area contributed by atoms with E-state index in [1.54, 1.807) is 18.9 Å². The molecule has 2 aliphatic heterocycles. The smallest absolute Gasteiger partial charge is 0.271 e. The number of aryl methyl sites for hydroxylation is 2. The van der Waals surface area contributed by atoms with E-state index >= 15 is 0 Å². The number of hydrogen-bond acceptors (Lipinski definition) is 11. The lowest BCUT2D eigenvalue weighted by atomic mass is 9.83. The lowest BCUT2D eigenvalue weighted by Crippen LogP contribution is -2.58. The summed E-state index contributed by atoms with van der Waals surface area (Å²) in [5.41, 5.74) is 4.45. The average molecular weight is 1100 g/mol. The molecule has 18 nitrogen and oxygen atoms in total. The Hall–Kier alpha value is -6.56. The third-order valence-electron chi connectivity index (χ3n) is 18.5. The minimum atomic E-state index is -0.934. The van der Waals surface area contributed by atoms with E-state index in [1.807, 2.05) is 50.2 Å². The van der Waals surface area contributed by atoms with E-state index < -0.39 is 48.1 Å². The standard InChI is InChI=1S/C62H84N10O8/c1-5-37(2)56(74)69-54(42-20-8-6-9-21-42)61(79)71-35-39(30-51(71)59(77)67-47-28-16-24-40-18-12-14-26-45(40)47)31-53(73)49-33-65-50(34-64-49)58(76)66-44-32-52(60(78)68-48-29-17-25-41-19-13-15-27-46(41)48)72(36-44)62(80)55(43-22-10-7-11-23-43)70-57(75)38(3)63-4/h12-15,18-19,26-27,33-34,37-39,42-44,47-48,51-52,54-55,63H,5-11,16-17,20-25,28-32,35-36H2,1-4H3,(H,66,76)(H,67,77)(H,68,78)(H,69,74)(H,70,75)/t37-,38+,39-,44+,47-,48-,51+,52+,54+,55+/m1/s1. The van der Waals surface area contributed by atoms with Crippen LogP contribution in [0.25, 0.3) is 0 Å². The van der Waals surface area contributed by atoms with E-state index in [2.05, 4.69) is 54.0 Å². The summed E-state index contributed by atoms with van der Waals surface area (Å²) in [6.07, 6.45) is 17.6. The molecule has 0 bridgehead atoms. The van der Waals surface area contributed by atoms with Crippen LogP contribution in [-0.4, -0.2) is 123 Å². The van der Waals surface area contributed by atoms with Crippen LogP contribution < -0.4 is 31.9 Å². The Morgan fingerprint density at radius 1 is 0.588 bits per heavy atom. The maximum absolute atomic E-state index is 14.9. The molecule has 4 fully saturated rings. The van der Waals surface area contributed by atoms with E-state index in [0.29, 0.717) is 6.42 Å². The molecule has 6 aliphatic rings. The molecule has 18 heteroatoms. The summed E-state index contributed by atoms with van der Waals surface area (Å²) in [7, 11) is 1.69. The first-order valence-electron chi connectivity index (χ1n) is 30.0. The number of benzene rings is 2. The van der Waals surface area contributed by atoms with E-state index in [0.717, 1.165) is 114 Å². The summed E-state index contributed by atoms with van der Waals surface area (Å²) in [5, 5.41) is 18.6. The van der Waals surface area contributed by atoms with E-state index in [4.69, 9.17) is 0 Å². The Morgan fingerprint density at radius 3 is 1.61 bits per heavy atom. The number of nitrogens with zero attached hydrogens (tertiary/aromatic N) is 4. The van der Waals surface area contributed by atoms with Crippen LogP contribution in [0.1, 0.15) is 192 Å². The summed E-state index contributed by atoms with van der Waals surface area (Å²) < 4.78 is 0. The molecular weight excluding hydrogens is 1010 g/mol. The Balaban J connectivity index is 0.896. The summed E-state index contributed by atoms with van der Waals surface area (Å²) in [6, 6.07) is 11.0. The number of hydrogen-bond donors (Lipinski definition) is 6. The third kappa shape index (κ3) is 13.6. The Kier molecular flexibility index (Phi) is 19.5. The fourth-order valence-corrected chi connectivity index (χ4v) is 13.5. The van der Waals surface area contributed by atoms with Gasteiger partial charge in [0.1, 0.15) is 35.6 Å². The fourth-order valence-electron chi connectivity index (χ4n) is 13.5. The number of aromatic nitrogens is 2. The number of likely N-dealkylation sites (tertiary alicyclic amines) is 2. The van der Waals surface area contributed by atoms with E-state index in [-0.39, 0.29) is 115 Å². The predicted octanol–water partition coefficient (Wildman–Crippen LogP) is 6.14. The number of carbonyl (C=O) groups is 8. The summed E-state index contributed by atoms with van der Waals surface area (Å²) >= 11 is 0. The van der Waals surface area contributed by atoms with Crippen LogP contribution >= 0.6 is 0 Å². The van der Waals surface area contributed by atoms with Crippen molar-refractivity contribution in [2.24, 2.45) is 23.7 Å². The van der Waals surface area contributed by atoms with Gasteiger partial charge in [0.05, 0.1) is 30.5 Å². The normalized spacial score (nSPS) is 24.7. The molecule has 0 radical (unpaired) electrons. The van der Waals surface area contributed by atoms with Gasteiger partial charge in [0.2, 0.25) is 35.4 Å². The highest BCUT2D eigenvalue weighted by atomic mass is 16.2. The van der Waals surface area contributed by atoms with Crippen molar-refractivity contribution < 1.29 is 38.4 Å². The van der Waals surface area contributed by atoms with Crippen LogP contribution in [0.2, 0.25) is 0 Å². The number of amides is 7. The summed E-state index contributed by atoms with van der Waals surface area (Å²) in [6.45, 7) is 5.68. The molecule has 6 N–H and O–H groups in total. The van der Waals surface area contributed by atoms with Gasteiger partial charge in [-0.2, -0.15) is 0 Å². The zero-order valence-corrected chi connectivity index (χ0v) is 47.3. The molecule has 80 heavy (non-hydrogen) atoms. The maximum atomic E-state index is 14.9. The van der Waals surface area contributed by atoms with Gasteiger partial charge in [0, 0.05) is 31.5 Å². The number of Topliss-reactive ketones (excluding diaryl/α,β-unsaturated/α-hetero) is 1. The van der Waals surface area contributed by atoms with Crippen molar-refractivity contribution in [2.75, 3.05) is 20.1 Å². The average Bonchev–Trinajstić information content (AvgIpc) is 4.12. The number of fused-ring (bicyclic) bond motifs is 2. The van der Waals surface area contributed by atoms with E-state index in [9.17, 15) is 38.4 Å². The third-order valence-corrected chi connectivity index (χ3v) is 18.5. The molecular formula is C62H84N10O8. The van der Waals surface area contributed by atoms with Crippen molar-refractivity contribution in [2.45, 2.75) is 198 Å². The van der Waals surface area contributed by atoms with Crippen LogP contribution in [0.15, 0.2) is 60.9 Å². The van der Waals surface area contributed by atoms with Crippen LogP contribution in [0.3, 0.4) is 0 Å². The topological polar surface area (TPSA) is 241 Å². The molecule has 10 atom stereocenters. The first kappa shape index (κ1) is 58.1. The lowest BCUT2D eigenvalue weighted by molar-refractivity contribution is -0.143. The van der Waals surface area contributed by atoms with Crippen LogP contribution in [-0.2, 0) is 41.6 Å². The molecule has 4 aliphatic carbocycles. The number of ketones is 1. The molecule has 7 amide bonds. The van der Waals surface area contributed by atoms with Gasteiger partial charge in [-0.15, -0.1) is 0 Å². The number of nitrogens with one attached hydrogen (secondary N) is 6. The molecule has 3 heterocycles. The van der Waals surface area contributed by atoms with Gasteiger partial charge in [0.25, 0.3) is 5.91 Å². The quantitative estimate of drug-likeness (QED) is 0.0746. The largest absolute Gasteiger partial charge is 0.347 e. The summed E-state index contributed by atoms with van der Waals surface area (Å²) in [4.78, 5) is 126. The Labute approximate surface area is 471 Å². The van der Waals surface area contributed by atoms with Gasteiger partial charge in [0.15, 0.2) is 5.78 Å². The summed E-state index contributed by atoms with van der Waals surface area (Å²) in [5.74, 6) is -3.61.